The second-order valence-electron chi connectivity index (χ2n) is 5.28. The van der Waals surface area contributed by atoms with Crippen molar-refractivity contribution < 1.29 is 9.90 Å². The highest BCUT2D eigenvalue weighted by molar-refractivity contribution is 5.75. The number of nitrogens with one attached hydrogen (secondary N) is 3. The van der Waals surface area contributed by atoms with Gasteiger partial charge in [0, 0.05) is 6.42 Å². The third-order valence-corrected chi connectivity index (χ3v) is 3.96. The Morgan fingerprint density at radius 3 is 2.55 bits per heavy atom. The molecule has 8 heteroatoms. The number of fused-ring (bicyclic) bond motifs is 1. The quantitative estimate of drug-likeness (QED) is 0.633. The van der Waals surface area contributed by atoms with Crippen LogP contribution in [0.5, 0.6) is 0 Å². The third kappa shape index (κ3) is 1.93. The SMILES string of the molecule is O=C(O)C1(Cc2nc3[nH]c(=O)[nH]c(=O)c3[nH]2)CCCC1. The van der Waals surface area contributed by atoms with E-state index in [4.69, 9.17) is 0 Å². The molecule has 3 rings (SSSR count). The molecule has 8 nitrogen and oxygen atoms in total. The first-order valence-electron chi connectivity index (χ1n) is 6.45. The number of aliphatic carboxylic acids is 1. The Bertz CT molecular complexity index is 779. The topological polar surface area (TPSA) is 132 Å². The first-order valence-corrected chi connectivity index (χ1v) is 6.45. The van der Waals surface area contributed by atoms with Gasteiger partial charge in [-0.25, -0.2) is 9.78 Å². The Morgan fingerprint density at radius 2 is 1.90 bits per heavy atom. The summed E-state index contributed by atoms with van der Waals surface area (Å²) in [6.45, 7) is 0. The van der Waals surface area contributed by atoms with E-state index in [1.165, 1.54) is 0 Å². The van der Waals surface area contributed by atoms with Crippen LogP contribution in [0.4, 0.5) is 0 Å². The number of carboxylic acid groups (broad SMARTS) is 1. The lowest BCUT2D eigenvalue weighted by Crippen LogP contribution is -2.30. The molecule has 1 aliphatic carbocycles. The van der Waals surface area contributed by atoms with Crippen LogP contribution >= 0.6 is 0 Å². The van der Waals surface area contributed by atoms with Crippen LogP contribution in [0.1, 0.15) is 31.5 Å². The summed E-state index contributed by atoms with van der Waals surface area (Å²) in [5, 5.41) is 9.43. The number of nitrogens with zero attached hydrogens (tertiary/aromatic N) is 1. The number of aromatic nitrogens is 4. The average molecular weight is 278 g/mol. The van der Waals surface area contributed by atoms with Gasteiger partial charge in [0.15, 0.2) is 5.65 Å². The third-order valence-electron chi connectivity index (χ3n) is 3.96. The standard InChI is InChI=1S/C12H14N4O4/c17-9-7-8(15-11(20)16-9)14-6(13-7)5-12(10(18)19)3-1-2-4-12/h1-5H2,(H,18,19)(H3,13,14,15,16,17,20). The van der Waals surface area contributed by atoms with Crippen molar-refractivity contribution in [3.05, 3.63) is 26.7 Å². The Kier molecular flexibility index (Phi) is 2.73. The second-order valence-corrected chi connectivity index (χ2v) is 5.28. The van der Waals surface area contributed by atoms with Crippen molar-refractivity contribution in [1.82, 2.24) is 19.9 Å². The van der Waals surface area contributed by atoms with E-state index in [1.807, 2.05) is 0 Å². The molecule has 0 bridgehead atoms. The Morgan fingerprint density at radius 1 is 1.20 bits per heavy atom. The maximum absolute atomic E-state index is 11.6. The number of hydrogen-bond donors (Lipinski definition) is 4. The van der Waals surface area contributed by atoms with Crippen molar-refractivity contribution >= 4 is 17.1 Å². The van der Waals surface area contributed by atoms with Gasteiger partial charge in [0.1, 0.15) is 11.3 Å². The molecule has 2 heterocycles. The molecule has 1 saturated carbocycles. The first kappa shape index (κ1) is 12.6. The predicted molar refractivity (Wildman–Crippen MR) is 69.6 cm³/mol. The number of carbonyl (C=O) groups is 1. The van der Waals surface area contributed by atoms with Crippen LogP contribution in [-0.2, 0) is 11.2 Å². The van der Waals surface area contributed by atoms with Crippen molar-refractivity contribution in [3.8, 4) is 0 Å². The van der Waals surface area contributed by atoms with Gasteiger partial charge in [-0.05, 0) is 12.8 Å². The van der Waals surface area contributed by atoms with Crippen molar-refractivity contribution in [3.63, 3.8) is 0 Å². The molecule has 1 fully saturated rings. The highest BCUT2D eigenvalue weighted by atomic mass is 16.4. The Balaban J connectivity index is 2.03. The monoisotopic (exact) mass is 278 g/mol. The number of aromatic amines is 3. The fourth-order valence-corrected chi connectivity index (χ4v) is 2.90. The molecule has 0 aliphatic heterocycles. The molecule has 0 radical (unpaired) electrons. The number of carboxylic acids is 1. The van der Waals surface area contributed by atoms with Gasteiger partial charge in [-0.15, -0.1) is 0 Å². The minimum Gasteiger partial charge on any atom is -0.481 e. The summed E-state index contributed by atoms with van der Waals surface area (Å²) in [5.74, 6) is -0.422. The van der Waals surface area contributed by atoms with Crippen LogP contribution in [0.15, 0.2) is 9.59 Å². The number of imidazole rings is 1. The summed E-state index contributed by atoms with van der Waals surface area (Å²) in [6.07, 6.45) is 3.20. The predicted octanol–water partition coefficient (Wildman–Crippen LogP) is 0.127. The van der Waals surface area contributed by atoms with Gasteiger partial charge >= 0.3 is 11.7 Å². The molecular weight excluding hydrogens is 264 g/mol. The van der Waals surface area contributed by atoms with Gasteiger partial charge in [0.05, 0.1) is 5.41 Å². The maximum atomic E-state index is 11.6. The van der Waals surface area contributed by atoms with Crippen molar-refractivity contribution in [2.24, 2.45) is 5.41 Å². The molecule has 2 aromatic heterocycles. The molecule has 20 heavy (non-hydrogen) atoms. The Labute approximate surface area is 112 Å². The highest BCUT2D eigenvalue weighted by Crippen LogP contribution is 2.40. The lowest BCUT2D eigenvalue weighted by Gasteiger charge is -2.22. The molecule has 0 saturated heterocycles. The van der Waals surface area contributed by atoms with E-state index in [0.29, 0.717) is 18.7 Å². The fourth-order valence-electron chi connectivity index (χ4n) is 2.90. The molecule has 0 spiro atoms. The van der Waals surface area contributed by atoms with Gasteiger partial charge in [-0.2, -0.15) is 0 Å². The molecule has 1 aliphatic rings. The normalized spacial score (nSPS) is 17.6. The van der Waals surface area contributed by atoms with Crippen molar-refractivity contribution in [1.29, 1.82) is 0 Å². The molecular formula is C12H14N4O4. The minimum atomic E-state index is -0.835. The van der Waals surface area contributed by atoms with E-state index in [9.17, 15) is 19.5 Å². The van der Waals surface area contributed by atoms with E-state index >= 15 is 0 Å². The summed E-state index contributed by atoms with van der Waals surface area (Å²) < 4.78 is 0. The molecule has 2 aromatic rings. The van der Waals surface area contributed by atoms with Crippen LogP contribution in [0, 0.1) is 5.41 Å². The van der Waals surface area contributed by atoms with Gasteiger partial charge in [0.2, 0.25) is 0 Å². The maximum Gasteiger partial charge on any atom is 0.327 e. The summed E-state index contributed by atoms with van der Waals surface area (Å²) in [7, 11) is 0. The van der Waals surface area contributed by atoms with E-state index in [1.54, 1.807) is 0 Å². The highest BCUT2D eigenvalue weighted by Gasteiger charge is 2.42. The van der Waals surface area contributed by atoms with E-state index in [0.717, 1.165) is 12.8 Å². The summed E-state index contributed by atoms with van der Waals surface area (Å²) in [5.41, 5.74) is -1.68. The van der Waals surface area contributed by atoms with Gasteiger partial charge < -0.3 is 10.1 Å². The van der Waals surface area contributed by atoms with Crippen molar-refractivity contribution in [2.45, 2.75) is 32.1 Å². The molecule has 0 amide bonds. The molecule has 0 aromatic carbocycles. The first-order chi connectivity index (χ1) is 9.50. The van der Waals surface area contributed by atoms with Crippen LogP contribution < -0.4 is 11.2 Å². The zero-order valence-corrected chi connectivity index (χ0v) is 10.7. The lowest BCUT2D eigenvalue weighted by molar-refractivity contribution is -0.148. The van der Waals surface area contributed by atoms with Gasteiger partial charge in [-0.1, -0.05) is 12.8 Å². The number of rotatable bonds is 3. The molecule has 0 atom stereocenters. The zero-order chi connectivity index (χ0) is 14.3. The number of H-pyrrole nitrogens is 3. The van der Waals surface area contributed by atoms with E-state index in [2.05, 4.69) is 19.9 Å². The van der Waals surface area contributed by atoms with Crippen LogP contribution in [0.2, 0.25) is 0 Å². The Hall–Kier alpha value is -2.38. The molecule has 0 unspecified atom stereocenters. The van der Waals surface area contributed by atoms with Gasteiger partial charge in [0.25, 0.3) is 5.56 Å². The summed E-state index contributed by atoms with van der Waals surface area (Å²) >= 11 is 0. The largest absolute Gasteiger partial charge is 0.481 e. The second kappa shape index (κ2) is 4.32. The zero-order valence-electron chi connectivity index (χ0n) is 10.7. The van der Waals surface area contributed by atoms with E-state index < -0.39 is 22.6 Å². The fraction of sp³-hybridized carbons (Fsp3) is 0.500. The van der Waals surface area contributed by atoms with E-state index in [-0.39, 0.29) is 17.6 Å². The lowest BCUT2D eigenvalue weighted by atomic mass is 9.82. The molecule has 106 valence electrons. The number of hydrogen-bond acceptors (Lipinski definition) is 4. The van der Waals surface area contributed by atoms with Crippen LogP contribution in [0.25, 0.3) is 11.2 Å². The van der Waals surface area contributed by atoms with Crippen LogP contribution in [0.3, 0.4) is 0 Å². The molecule has 4 N–H and O–H groups in total. The minimum absolute atomic E-state index is 0.160. The summed E-state index contributed by atoms with van der Waals surface area (Å²) in [6, 6.07) is 0. The van der Waals surface area contributed by atoms with Crippen molar-refractivity contribution in [2.75, 3.05) is 0 Å². The average Bonchev–Trinajstić information content (AvgIpc) is 2.97. The van der Waals surface area contributed by atoms with Crippen LogP contribution in [-0.4, -0.2) is 31.0 Å². The van der Waals surface area contributed by atoms with Gasteiger partial charge in [-0.3, -0.25) is 19.6 Å². The summed E-state index contributed by atoms with van der Waals surface area (Å²) in [4.78, 5) is 45.7. The smallest absolute Gasteiger partial charge is 0.327 e.